The fourth-order valence-corrected chi connectivity index (χ4v) is 2.17. The quantitative estimate of drug-likeness (QED) is 0.652. The maximum absolute atomic E-state index is 12.1. The molecule has 7 heteroatoms. The Bertz CT molecular complexity index is 317. The summed E-state index contributed by atoms with van der Waals surface area (Å²) in [4.78, 5) is 24.4. The zero-order valence-corrected chi connectivity index (χ0v) is 10.1. The van der Waals surface area contributed by atoms with E-state index in [1.807, 2.05) is 0 Å². The van der Waals surface area contributed by atoms with Crippen molar-refractivity contribution in [2.24, 2.45) is 0 Å². The average Bonchev–Trinajstić information content (AvgIpc) is 2.38. The third-order valence-electron chi connectivity index (χ3n) is 3.06. The predicted octanol–water partition coefficient (Wildman–Crippen LogP) is -1.32. The summed E-state index contributed by atoms with van der Waals surface area (Å²) in [6, 6.07) is 0. The van der Waals surface area contributed by atoms with E-state index >= 15 is 0 Å². The molecular weight excluding hydrogens is 240 g/mol. The molecule has 0 bridgehead atoms. The van der Waals surface area contributed by atoms with Crippen molar-refractivity contribution in [2.45, 2.75) is 18.6 Å². The first-order chi connectivity index (χ1) is 8.66. The van der Waals surface area contributed by atoms with E-state index < -0.39 is 18.2 Å². The molecule has 2 unspecified atom stereocenters. The molecule has 2 heterocycles. The zero-order valence-electron chi connectivity index (χ0n) is 10.1. The van der Waals surface area contributed by atoms with Crippen molar-refractivity contribution < 1.29 is 24.2 Å². The Balaban J connectivity index is 1.87. The number of hydrogen-bond donors (Lipinski definition) is 2. The Morgan fingerprint density at radius 1 is 1.33 bits per heavy atom. The number of amides is 1. The molecule has 2 aliphatic rings. The van der Waals surface area contributed by atoms with Crippen molar-refractivity contribution in [2.75, 3.05) is 39.4 Å². The van der Waals surface area contributed by atoms with Crippen LogP contribution in [0, 0.1) is 0 Å². The van der Waals surface area contributed by atoms with E-state index in [-0.39, 0.29) is 12.3 Å². The SMILES string of the molecule is O=C(O)CC1CN(C(=O)C2CNCCO2)CCO1. The molecule has 18 heavy (non-hydrogen) atoms. The third kappa shape index (κ3) is 3.41. The minimum atomic E-state index is -0.912. The lowest BCUT2D eigenvalue weighted by Gasteiger charge is -2.35. The van der Waals surface area contributed by atoms with Gasteiger partial charge in [-0.1, -0.05) is 0 Å². The number of ether oxygens (including phenoxy) is 2. The van der Waals surface area contributed by atoms with Crippen LogP contribution in [0.1, 0.15) is 6.42 Å². The summed E-state index contributed by atoms with van der Waals surface area (Å²) in [6.07, 6.45) is -0.952. The van der Waals surface area contributed by atoms with Crippen LogP contribution in [0.4, 0.5) is 0 Å². The molecule has 1 amide bonds. The molecule has 102 valence electrons. The molecule has 0 spiro atoms. The van der Waals surface area contributed by atoms with Gasteiger partial charge in [-0.3, -0.25) is 9.59 Å². The topological polar surface area (TPSA) is 88.1 Å². The van der Waals surface area contributed by atoms with Gasteiger partial charge >= 0.3 is 5.97 Å². The normalized spacial score (nSPS) is 29.0. The molecule has 2 atom stereocenters. The summed E-state index contributed by atoms with van der Waals surface area (Å²) in [6.45, 7) is 3.00. The van der Waals surface area contributed by atoms with Gasteiger partial charge in [-0.25, -0.2) is 0 Å². The largest absolute Gasteiger partial charge is 0.481 e. The van der Waals surface area contributed by atoms with Gasteiger partial charge < -0.3 is 24.8 Å². The molecule has 0 radical (unpaired) electrons. The van der Waals surface area contributed by atoms with E-state index in [4.69, 9.17) is 14.6 Å². The molecule has 0 aromatic rings. The van der Waals surface area contributed by atoms with Gasteiger partial charge in [0.1, 0.15) is 6.10 Å². The van der Waals surface area contributed by atoms with Gasteiger partial charge in [-0.05, 0) is 0 Å². The van der Waals surface area contributed by atoms with Crippen LogP contribution >= 0.6 is 0 Å². The van der Waals surface area contributed by atoms with Crippen molar-refractivity contribution >= 4 is 11.9 Å². The van der Waals surface area contributed by atoms with Gasteiger partial charge in [-0.15, -0.1) is 0 Å². The van der Waals surface area contributed by atoms with Crippen LogP contribution in [0.2, 0.25) is 0 Å². The van der Waals surface area contributed by atoms with E-state index in [9.17, 15) is 9.59 Å². The maximum Gasteiger partial charge on any atom is 0.306 e. The summed E-state index contributed by atoms with van der Waals surface area (Å²) >= 11 is 0. The van der Waals surface area contributed by atoms with E-state index in [1.54, 1.807) is 4.90 Å². The van der Waals surface area contributed by atoms with Crippen molar-refractivity contribution in [1.82, 2.24) is 10.2 Å². The fourth-order valence-electron chi connectivity index (χ4n) is 2.17. The molecule has 0 aliphatic carbocycles. The highest BCUT2D eigenvalue weighted by Gasteiger charge is 2.31. The van der Waals surface area contributed by atoms with Crippen LogP contribution in [0.3, 0.4) is 0 Å². The highest BCUT2D eigenvalue weighted by Crippen LogP contribution is 2.11. The van der Waals surface area contributed by atoms with Gasteiger partial charge in [0, 0.05) is 26.2 Å². The van der Waals surface area contributed by atoms with Crippen LogP contribution in [-0.4, -0.2) is 73.5 Å². The second kappa shape index (κ2) is 6.12. The third-order valence-corrected chi connectivity index (χ3v) is 3.06. The van der Waals surface area contributed by atoms with Crippen LogP contribution in [0.15, 0.2) is 0 Å². The molecule has 2 fully saturated rings. The number of aliphatic carboxylic acids is 1. The minimum Gasteiger partial charge on any atom is -0.481 e. The van der Waals surface area contributed by atoms with Crippen LogP contribution < -0.4 is 5.32 Å². The van der Waals surface area contributed by atoms with E-state index in [1.165, 1.54) is 0 Å². The smallest absolute Gasteiger partial charge is 0.306 e. The van der Waals surface area contributed by atoms with Crippen molar-refractivity contribution in [3.05, 3.63) is 0 Å². The molecule has 2 saturated heterocycles. The highest BCUT2D eigenvalue weighted by atomic mass is 16.5. The van der Waals surface area contributed by atoms with Crippen LogP contribution in [0.25, 0.3) is 0 Å². The number of carboxylic acids is 1. The minimum absolute atomic E-state index is 0.0758. The predicted molar refractivity (Wildman–Crippen MR) is 61.2 cm³/mol. The summed E-state index contributed by atoms with van der Waals surface area (Å²) in [5, 5.41) is 11.8. The first-order valence-electron chi connectivity index (χ1n) is 6.11. The molecular formula is C11H18N2O5. The van der Waals surface area contributed by atoms with Gasteiger partial charge in [0.05, 0.1) is 25.7 Å². The number of hydrogen-bond acceptors (Lipinski definition) is 5. The van der Waals surface area contributed by atoms with Crippen molar-refractivity contribution in [3.63, 3.8) is 0 Å². The number of carbonyl (C=O) groups excluding carboxylic acids is 1. The Kier molecular flexibility index (Phi) is 4.51. The number of nitrogens with zero attached hydrogens (tertiary/aromatic N) is 1. The molecule has 2 rings (SSSR count). The monoisotopic (exact) mass is 258 g/mol. The fraction of sp³-hybridized carbons (Fsp3) is 0.818. The van der Waals surface area contributed by atoms with E-state index in [0.717, 1.165) is 6.54 Å². The van der Waals surface area contributed by atoms with Gasteiger partial charge in [0.2, 0.25) is 0 Å². The summed E-state index contributed by atoms with van der Waals surface area (Å²) in [5.74, 6) is -0.995. The molecule has 0 saturated carbocycles. The Morgan fingerprint density at radius 2 is 2.17 bits per heavy atom. The Hall–Kier alpha value is -1.18. The first kappa shape index (κ1) is 13.3. The molecule has 2 aliphatic heterocycles. The van der Waals surface area contributed by atoms with E-state index in [0.29, 0.717) is 32.8 Å². The average molecular weight is 258 g/mol. The van der Waals surface area contributed by atoms with Crippen LogP contribution in [0.5, 0.6) is 0 Å². The standard InChI is InChI=1S/C11H18N2O5/c14-10(15)5-8-7-13(2-4-17-8)11(16)9-6-12-1-3-18-9/h8-9,12H,1-7H2,(H,14,15). The van der Waals surface area contributed by atoms with Crippen molar-refractivity contribution in [1.29, 1.82) is 0 Å². The zero-order chi connectivity index (χ0) is 13.0. The molecule has 0 aromatic heterocycles. The highest BCUT2D eigenvalue weighted by molar-refractivity contribution is 5.81. The lowest BCUT2D eigenvalue weighted by atomic mass is 10.2. The van der Waals surface area contributed by atoms with E-state index in [2.05, 4.69) is 5.32 Å². The van der Waals surface area contributed by atoms with Gasteiger partial charge in [0.25, 0.3) is 5.91 Å². The Labute approximate surface area is 105 Å². The van der Waals surface area contributed by atoms with Gasteiger partial charge in [-0.2, -0.15) is 0 Å². The van der Waals surface area contributed by atoms with Crippen LogP contribution in [-0.2, 0) is 19.1 Å². The maximum atomic E-state index is 12.1. The van der Waals surface area contributed by atoms with Crippen molar-refractivity contribution in [3.8, 4) is 0 Å². The molecule has 7 nitrogen and oxygen atoms in total. The lowest BCUT2D eigenvalue weighted by molar-refractivity contribution is -0.156. The number of carboxylic acid groups (broad SMARTS) is 1. The lowest BCUT2D eigenvalue weighted by Crippen LogP contribution is -2.54. The Morgan fingerprint density at radius 3 is 2.83 bits per heavy atom. The number of morpholine rings is 2. The molecule has 2 N–H and O–H groups in total. The molecule has 0 aromatic carbocycles. The number of carbonyl (C=O) groups is 2. The summed E-state index contributed by atoms with van der Waals surface area (Å²) in [5.41, 5.74) is 0. The second-order valence-corrected chi connectivity index (χ2v) is 4.44. The summed E-state index contributed by atoms with van der Waals surface area (Å²) < 4.78 is 10.7. The second-order valence-electron chi connectivity index (χ2n) is 4.44. The number of nitrogens with one attached hydrogen (secondary N) is 1. The first-order valence-corrected chi connectivity index (χ1v) is 6.11. The van der Waals surface area contributed by atoms with Gasteiger partial charge in [0.15, 0.2) is 0 Å². The summed E-state index contributed by atoms with van der Waals surface area (Å²) in [7, 11) is 0. The number of rotatable bonds is 3.